The molecule has 1 aliphatic heterocycles. The first kappa shape index (κ1) is 20.4. The third kappa shape index (κ3) is 4.11. The Morgan fingerprint density at radius 3 is 2.59 bits per heavy atom. The standard InChI is InChI=1S/C25H20ClN7O/c26-18-4-6-20(7-5-18)33-14-19(31-32-33)15-34-21-8-1-16(2-9-21)25-29-22-10-3-17(13-23(22)30-25)24-27-11-12-28-24/h1-10,13-14H,11-12,15H2,(H,27,28)(H,29,30). The van der Waals surface area contributed by atoms with Gasteiger partial charge in [0.1, 0.15) is 29.7 Å². The molecule has 6 rings (SSSR count). The van der Waals surface area contributed by atoms with Crippen LogP contribution in [0.25, 0.3) is 28.1 Å². The number of aromatic nitrogens is 5. The number of H-pyrrole nitrogens is 1. The minimum atomic E-state index is 0.318. The molecule has 0 spiro atoms. The lowest BCUT2D eigenvalue weighted by Gasteiger charge is -2.04. The van der Waals surface area contributed by atoms with Crippen molar-refractivity contribution in [3.05, 3.63) is 89.2 Å². The van der Waals surface area contributed by atoms with Crippen LogP contribution in [0.5, 0.6) is 5.75 Å². The van der Waals surface area contributed by atoms with Crippen LogP contribution < -0.4 is 10.1 Å². The third-order valence-electron chi connectivity index (χ3n) is 5.58. The Hall–Kier alpha value is -4.17. The van der Waals surface area contributed by atoms with Gasteiger partial charge in [-0.05, 0) is 66.7 Å². The lowest BCUT2D eigenvalue weighted by Crippen LogP contribution is -2.19. The number of rotatable bonds is 6. The van der Waals surface area contributed by atoms with Gasteiger partial charge in [0.2, 0.25) is 0 Å². The van der Waals surface area contributed by atoms with E-state index >= 15 is 0 Å². The minimum Gasteiger partial charge on any atom is -0.487 e. The zero-order valence-corrected chi connectivity index (χ0v) is 18.8. The highest BCUT2D eigenvalue weighted by Gasteiger charge is 2.11. The second kappa shape index (κ2) is 8.64. The maximum Gasteiger partial charge on any atom is 0.138 e. The van der Waals surface area contributed by atoms with Crippen LogP contribution >= 0.6 is 11.6 Å². The number of aliphatic imine (C=N–C) groups is 1. The number of ether oxygens (including phenoxy) is 1. The summed E-state index contributed by atoms with van der Waals surface area (Å²) in [4.78, 5) is 12.6. The van der Waals surface area contributed by atoms with Crippen LogP contribution in [0.1, 0.15) is 11.3 Å². The number of imidazole rings is 1. The number of nitrogens with one attached hydrogen (secondary N) is 2. The van der Waals surface area contributed by atoms with E-state index in [1.165, 1.54) is 0 Å². The third-order valence-corrected chi connectivity index (χ3v) is 5.83. The highest BCUT2D eigenvalue weighted by Crippen LogP contribution is 2.24. The molecule has 5 aromatic rings. The van der Waals surface area contributed by atoms with E-state index in [1.54, 1.807) is 4.68 Å². The van der Waals surface area contributed by atoms with E-state index in [9.17, 15) is 0 Å². The molecule has 0 saturated heterocycles. The van der Waals surface area contributed by atoms with Gasteiger partial charge in [-0.15, -0.1) is 5.10 Å². The first-order chi connectivity index (χ1) is 16.7. The fraction of sp³-hybridized carbons (Fsp3) is 0.120. The maximum absolute atomic E-state index is 5.95. The number of fused-ring (bicyclic) bond motifs is 1. The molecule has 0 aliphatic carbocycles. The van der Waals surface area contributed by atoms with Crippen LogP contribution in [0, 0.1) is 0 Å². The van der Waals surface area contributed by atoms with Gasteiger partial charge < -0.3 is 15.0 Å². The molecule has 168 valence electrons. The predicted molar refractivity (Wildman–Crippen MR) is 132 cm³/mol. The Bertz CT molecular complexity index is 1490. The molecule has 9 heteroatoms. The second-order valence-electron chi connectivity index (χ2n) is 7.92. The number of halogens is 1. The molecule has 8 nitrogen and oxygen atoms in total. The topological polar surface area (TPSA) is 93.0 Å². The minimum absolute atomic E-state index is 0.318. The van der Waals surface area contributed by atoms with Crippen LogP contribution in [0.4, 0.5) is 0 Å². The van der Waals surface area contributed by atoms with Gasteiger partial charge in [-0.2, -0.15) is 0 Å². The van der Waals surface area contributed by atoms with Gasteiger partial charge in [0, 0.05) is 22.7 Å². The van der Waals surface area contributed by atoms with Crippen molar-refractivity contribution in [2.45, 2.75) is 6.61 Å². The zero-order valence-electron chi connectivity index (χ0n) is 18.1. The molecule has 3 aromatic carbocycles. The van der Waals surface area contributed by atoms with Crippen molar-refractivity contribution in [3.63, 3.8) is 0 Å². The number of nitrogens with zero attached hydrogens (tertiary/aromatic N) is 5. The molecule has 0 radical (unpaired) electrons. The summed E-state index contributed by atoms with van der Waals surface area (Å²) in [6.07, 6.45) is 1.84. The van der Waals surface area contributed by atoms with Gasteiger partial charge >= 0.3 is 0 Å². The average molecular weight is 470 g/mol. The fourth-order valence-corrected chi connectivity index (χ4v) is 3.96. The Labute approximate surface area is 200 Å². The van der Waals surface area contributed by atoms with Crippen molar-refractivity contribution in [2.24, 2.45) is 4.99 Å². The van der Waals surface area contributed by atoms with Gasteiger partial charge in [0.25, 0.3) is 0 Å². The van der Waals surface area contributed by atoms with Crippen molar-refractivity contribution in [1.82, 2.24) is 30.3 Å². The molecule has 2 N–H and O–H groups in total. The highest BCUT2D eigenvalue weighted by atomic mass is 35.5. The van der Waals surface area contributed by atoms with E-state index in [-0.39, 0.29) is 0 Å². The van der Waals surface area contributed by atoms with E-state index in [2.05, 4.69) is 31.7 Å². The van der Waals surface area contributed by atoms with Crippen LogP contribution in [0.2, 0.25) is 5.02 Å². The fourth-order valence-electron chi connectivity index (χ4n) is 3.84. The number of hydrogen-bond donors (Lipinski definition) is 2. The second-order valence-corrected chi connectivity index (χ2v) is 8.35. The largest absolute Gasteiger partial charge is 0.487 e. The summed E-state index contributed by atoms with van der Waals surface area (Å²) in [7, 11) is 0. The summed E-state index contributed by atoms with van der Waals surface area (Å²) < 4.78 is 7.59. The van der Waals surface area contributed by atoms with Crippen LogP contribution in [-0.2, 0) is 6.61 Å². The van der Waals surface area contributed by atoms with E-state index in [0.29, 0.717) is 11.6 Å². The van der Waals surface area contributed by atoms with E-state index in [4.69, 9.17) is 21.3 Å². The van der Waals surface area contributed by atoms with Gasteiger partial charge in [0.05, 0.1) is 29.5 Å². The normalized spacial score (nSPS) is 13.1. The average Bonchev–Trinajstić information content (AvgIpc) is 3.64. The highest BCUT2D eigenvalue weighted by molar-refractivity contribution is 6.30. The SMILES string of the molecule is Clc1ccc(-n2cc(COc3ccc(-c4nc5ccc(C6=NCCN6)cc5[nH]4)cc3)nn2)cc1. The van der Waals surface area contributed by atoms with Crippen LogP contribution in [0.15, 0.2) is 77.9 Å². The number of benzene rings is 3. The molecular weight excluding hydrogens is 450 g/mol. The van der Waals surface area contributed by atoms with Gasteiger partial charge in [-0.25, -0.2) is 9.67 Å². The summed E-state index contributed by atoms with van der Waals surface area (Å²) in [5.41, 5.74) is 5.56. The van der Waals surface area contributed by atoms with Crippen LogP contribution in [0.3, 0.4) is 0 Å². The smallest absolute Gasteiger partial charge is 0.138 e. The molecule has 34 heavy (non-hydrogen) atoms. The Morgan fingerprint density at radius 2 is 1.79 bits per heavy atom. The number of amidine groups is 1. The van der Waals surface area contributed by atoms with Gasteiger partial charge in [-0.3, -0.25) is 4.99 Å². The first-order valence-electron chi connectivity index (χ1n) is 10.9. The Kier molecular flexibility index (Phi) is 5.20. The van der Waals surface area contributed by atoms with Crippen molar-refractivity contribution in [1.29, 1.82) is 0 Å². The molecule has 0 amide bonds. The molecule has 1 aliphatic rings. The molecule has 2 aromatic heterocycles. The monoisotopic (exact) mass is 469 g/mol. The van der Waals surface area contributed by atoms with Crippen molar-refractivity contribution < 1.29 is 4.74 Å². The summed E-state index contributed by atoms with van der Waals surface area (Å²) >= 11 is 5.95. The molecule has 3 heterocycles. The zero-order chi connectivity index (χ0) is 22.9. The molecule has 0 saturated carbocycles. The van der Waals surface area contributed by atoms with Gasteiger partial charge in [-0.1, -0.05) is 16.8 Å². The van der Waals surface area contributed by atoms with Crippen molar-refractivity contribution in [2.75, 3.05) is 13.1 Å². The van der Waals surface area contributed by atoms with E-state index in [1.807, 2.05) is 66.9 Å². The van der Waals surface area contributed by atoms with E-state index < -0.39 is 0 Å². The lowest BCUT2D eigenvalue weighted by molar-refractivity contribution is 0.301. The number of hydrogen-bond acceptors (Lipinski definition) is 6. The van der Waals surface area contributed by atoms with Crippen molar-refractivity contribution >= 4 is 28.5 Å². The lowest BCUT2D eigenvalue weighted by atomic mass is 10.2. The van der Waals surface area contributed by atoms with Crippen LogP contribution in [-0.4, -0.2) is 43.9 Å². The summed E-state index contributed by atoms with van der Waals surface area (Å²) in [5.74, 6) is 2.49. The van der Waals surface area contributed by atoms with E-state index in [0.717, 1.165) is 64.0 Å². The maximum atomic E-state index is 5.95. The Balaban J connectivity index is 1.13. The molecule has 0 unspecified atom stereocenters. The summed E-state index contributed by atoms with van der Waals surface area (Å²) in [6, 6.07) is 21.4. The summed E-state index contributed by atoms with van der Waals surface area (Å²) in [6.45, 7) is 2.02. The molecule has 0 bridgehead atoms. The first-order valence-corrected chi connectivity index (χ1v) is 11.3. The molecular formula is C25H20ClN7O. The Morgan fingerprint density at radius 1 is 0.971 bits per heavy atom. The summed E-state index contributed by atoms with van der Waals surface area (Å²) in [5, 5.41) is 12.3. The van der Waals surface area contributed by atoms with Gasteiger partial charge in [0.15, 0.2) is 0 Å². The predicted octanol–water partition coefficient (Wildman–Crippen LogP) is 4.39. The number of aromatic amines is 1. The quantitative estimate of drug-likeness (QED) is 0.384. The molecule has 0 fully saturated rings. The van der Waals surface area contributed by atoms with Crippen molar-refractivity contribution in [3.8, 4) is 22.8 Å². The molecule has 0 atom stereocenters.